The second kappa shape index (κ2) is 11.2. The lowest BCUT2D eigenvalue weighted by Gasteiger charge is -2.25. The molecule has 1 aliphatic heterocycles. The van der Waals surface area contributed by atoms with Gasteiger partial charge in [-0.15, -0.1) is 0 Å². The molecule has 1 aliphatic rings. The van der Waals surface area contributed by atoms with Gasteiger partial charge in [0.15, 0.2) is 10.2 Å². The molecule has 5 rings (SSSR count). The Labute approximate surface area is 226 Å². The van der Waals surface area contributed by atoms with Gasteiger partial charge < -0.3 is 20.0 Å². The summed E-state index contributed by atoms with van der Waals surface area (Å²) in [6.45, 7) is 4.49. The maximum Gasteiger partial charge on any atom is 0.226 e. The molecule has 0 radical (unpaired) electrons. The van der Waals surface area contributed by atoms with Crippen LogP contribution < -0.4 is 10.6 Å². The van der Waals surface area contributed by atoms with Crippen LogP contribution >= 0.6 is 24.0 Å². The van der Waals surface area contributed by atoms with Crippen molar-refractivity contribution in [2.45, 2.75) is 42.3 Å². The SMILES string of the molecule is Cc1ccc(Sc2ccc([C@H]3[C@H](c4ccccn4)NC(=S)N3CCC(=O)Nc3ccccc3C)o2)cc1. The van der Waals surface area contributed by atoms with Crippen molar-refractivity contribution in [1.29, 1.82) is 0 Å². The van der Waals surface area contributed by atoms with E-state index in [0.29, 0.717) is 11.7 Å². The van der Waals surface area contributed by atoms with Gasteiger partial charge >= 0.3 is 0 Å². The third kappa shape index (κ3) is 5.87. The Bertz CT molecular complexity index is 1390. The number of pyridine rings is 1. The van der Waals surface area contributed by atoms with Crippen LogP contribution in [0.1, 0.15) is 41.1 Å². The fraction of sp³-hybridized carbons (Fsp3) is 0.207. The molecule has 37 heavy (non-hydrogen) atoms. The highest BCUT2D eigenvalue weighted by molar-refractivity contribution is 7.99. The highest BCUT2D eigenvalue weighted by Crippen LogP contribution is 2.41. The number of furan rings is 1. The summed E-state index contributed by atoms with van der Waals surface area (Å²) in [5, 5.41) is 7.80. The van der Waals surface area contributed by atoms with E-state index in [1.54, 1.807) is 18.0 Å². The number of anilines is 1. The average Bonchev–Trinajstić information content (AvgIpc) is 3.49. The zero-order chi connectivity index (χ0) is 25.8. The maximum absolute atomic E-state index is 12.8. The van der Waals surface area contributed by atoms with Crippen LogP contribution in [0.3, 0.4) is 0 Å². The number of hydrogen-bond donors (Lipinski definition) is 2. The average molecular weight is 529 g/mol. The molecule has 188 valence electrons. The Morgan fingerprint density at radius 2 is 1.84 bits per heavy atom. The van der Waals surface area contributed by atoms with Crippen molar-refractivity contribution in [2.24, 2.45) is 0 Å². The van der Waals surface area contributed by atoms with E-state index < -0.39 is 0 Å². The zero-order valence-corrected chi connectivity index (χ0v) is 22.3. The fourth-order valence-electron chi connectivity index (χ4n) is 4.37. The lowest BCUT2D eigenvalue weighted by molar-refractivity contribution is -0.116. The molecule has 0 saturated carbocycles. The number of thiocarbonyl (C=S) groups is 1. The number of para-hydroxylation sites is 1. The van der Waals surface area contributed by atoms with Gasteiger partial charge in [-0.1, -0.05) is 53.7 Å². The predicted octanol–water partition coefficient (Wildman–Crippen LogP) is 6.44. The van der Waals surface area contributed by atoms with Crippen LogP contribution in [-0.4, -0.2) is 27.4 Å². The lowest BCUT2D eigenvalue weighted by atomic mass is 10.0. The second-order valence-corrected chi connectivity index (χ2v) is 10.5. The summed E-state index contributed by atoms with van der Waals surface area (Å²) in [7, 11) is 0. The molecule has 1 amide bonds. The van der Waals surface area contributed by atoms with Crippen LogP contribution in [0.4, 0.5) is 5.69 Å². The molecule has 2 aromatic heterocycles. The van der Waals surface area contributed by atoms with E-state index in [2.05, 4.69) is 46.8 Å². The number of aryl methyl sites for hydroxylation is 2. The molecular formula is C29H28N4O2S2. The standard InChI is InChI=1S/C29H28N4O2S2/c1-19-10-12-21(13-11-19)37-26-15-14-24(35-26)28-27(23-9-5-6-17-30-23)32-29(36)33(28)18-16-25(34)31-22-8-4-3-7-20(22)2/h3-15,17,27-28H,16,18H2,1-2H3,(H,31,34)(H,32,36)/t27-,28-/m0/s1. The van der Waals surface area contributed by atoms with E-state index in [0.717, 1.165) is 32.7 Å². The number of benzene rings is 2. The van der Waals surface area contributed by atoms with E-state index >= 15 is 0 Å². The minimum atomic E-state index is -0.235. The van der Waals surface area contributed by atoms with Crippen molar-refractivity contribution in [2.75, 3.05) is 11.9 Å². The topological polar surface area (TPSA) is 70.4 Å². The van der Waals surface area contributed by atoms with Gasteiger partial charge in [0, 0.05) is 29.7 Å². The van der Waals surface area contributed by atoms with E-state index in [9.17, 15) is 4.79 Å². The first-order chi connectivity index (χ1) is 18.0. The van der Waals surface area contributed by atoms with Crippen LogP contribution in [0.25, 0.3) is 0 Å². The van der Waals surface area contributed by atoms with Crippen molar-refractivity contribution in [3.05, 3.63) is 108 Å². The molecule has 2 N–H and O–H groups in total. The van der Waals surface area contributed by atoms with Gasteiger partial charge in [0.05, 0.1) is 11.7 Å². The van der Waals surface area contributed by atoms with Crippen LogP contribution in [0.15, 0.2) is 99.5 Å². The van der Waals surface area contributed by atoms with Crippen molar-refractivity contribution in [1.82, 2.24) is 15.2 Å². The quantitative estimate of drug-likeness (QED) is 0.255. The van der Waals surface area contributed by atoms with Crippen molar-refractivity contribution >= 4 is 40.7 Å². The second-order valence-electron chi connectivity index (χ2n) is 9.01. The number of nitrogens with one attached hydrogen (secondary N) is 2. The molecule has 0 aliphatic carbocycles. The molecule has 0 bridgehead atoms. The predicted molar refractivity (Wildman–Crippen MR) is 151 cm³/mol. The summed E-state index contributed by atoms with van der Waals surface area (Å²) in [5.41, 5.74) is 3.93. The van der Waals surface area contributed by atoms with Crippen molar-refractivity contribution in [3.8, 4) is 0 Å². The van der Waals surface area contributed by atoms with Crippen LogP contribution in [0.5, 0.6) is 0 Å². The Kier molecular flexibility index (Phi) is 7.58. The molecule has 4 aromatic rings. The molecule has 2 aromatic carbocycles. The normalized spacial score (nSPS) is 17.0. The molecule has 8 heteroatoms. The number of nitrogens with zero attached hydrogens (tertiary/aromatic N) is 2. The zero-order valence-electron chi connectivity index (χ0n) is 20.7. The van der Waals surface area contributed by atoms with E-state index in [4.69, 9.17) is 16.6 Å². The van der Waals surface area contributed by atoms with Crippen molar-refractivity contribution in [3.63, 3.8) is 0 Å². The molecule has 0 unspecified atom stereocenters. The Balaban J connectivity index is 1.36. The van der Waals surface area contributed by atoms with Crippen molar-refractivity contribution < 1.29 is 9.21 Å². The number of aromatic nitrogens is 1. The van der Waals surface area contributed by atoms with Crippen LogP contribution in [0, 0.1) is 13.8 Å². The number of hydrogen-bond acceptors (Lipinski definition) is 5. The molecular weight excluding hydrogens is 500 g/mol. The summed E-state index contributed by atoms with van der Waals surface area (Å²) in [4.78, 5) is 20.5. The third-order valence-electron chi connectivity index (χ3n) is 6.33. The molecule has 1 saturated heterocycles. The van der Waals surface area contributed by atoms with Gasteiger partial charge in [0.25, 0.3) is 0 Å². The molecule has 3 heterocycles. The number of rotatable bonds is 8. The monoisotopic (exact) mass is 528 g/mol. The van der Waals surface area contributed by atoms with E-state index in [1.807, 2.05) is 66.4 Å². The van der Waals surface area contributed by atoms with Gasteiger partial charge in [0.1, 0.15) is 11.8 Å². The van der Waals surface area contributed by atoms with Gasteiger partial charge in [-0.25, -0.2) is 0 Å². The van der Waals surface area contributed by atoms with E-state index in [1.165, 1.54) is 5.56 Å². The highest BCUT2D eigenvalue weighted by Gasteiger charge is 2.41. The Hall–Kier alpha value is -3.62. The first-order valence-electron chi connectivity index (χ1n) is 12.2. The van der Waals surface area contributed by atoms with E-state index in [-0.39, 0.29) is 24.4 Å². The summed E-state index contributed by atoms with van der Waals surface area (Å²) in [6, 6.07) is 25.5. The minimum Gasteiger partial charge on any atom is -0.452 e. The molecule has 6 nitrogen and oxygen atoms in total. The largest absolute Gasteiger partial charge is 0.452 e. The molecule has 1 fully saturated rings. The number of amides is 1. The summed E-state index contributed by atoms with van der Waals surface area (Å²) in [6.07, 6.45) is 2.06. The number of carbonyl (C=O) groups is 1. The third-order valence-corrected chi connectivity index (χ3v) is 7.61. The van der Waals surface area contributed by atoms with Gasteiger partial charge in [0.2, 0.25) is 5.91 Å². The first-order valence-corrected chi connectivity index (χ1v) is 13.4. The van der Waals surface area contributed by atoms with Gasteiger partial charge in [-0.2, -0.15) is 0 Å². The molecule has 2 atom stereocenters. The molecule has 0 spiro atoms. The smallest absolute Gasteiger partial charge is 0.226 e. The Morgan fingerprint density at radius 1 is 1.05 bits per heavy atom. The summed E-state index contributed by atoms with van der Waals surface area (Å²) in [5.74, 6) is 0.712. The Morgan fingerprint density at radius 3 is 2.59 bits per heavy atom. The first kappa shape index (κ1) is 25.0. The highest BCUT2D eigenvalue weighted by atomic mass is 32.2. The number of carbonyl (C=O) groups excluding carboxylic acids is 1. The summed E-state index contributed by atoms with van der Waals surface area (Å²) >= 11 is 7.31. The lowest BCUT2D eigenvalue weighted by Crippen LogP contribution is -2.32. The minimum absolute atomic E-state index is 0.0628. The van der Waals surface area contributed by atoms with Gasteiger partial charge in [-0.3, -0.25) is 9.78 Å². The summed E-state index contributed by atoms with van der Waals surface area (Å²) < 4.78 is 6.34. The fourth-order valence-corrected chi connectivity index (χ4v) is 5.48. The van der Waals surface area contributed by atoms with Crippen LogP contribution in [-0.2, 0) is 4.79 Å². The van der Waals surface area contributed by atoms with Crippen LogP contribution in [0.2, 0.25) is 0 Å². The van der Waals surface area contributed by atoms with Gasteiger partial charge in [-0.05, 0) is 74.1 Å². The maximum atomic E-state index is 12.8.